The Labute approximate surface area is 240 Å². The molecule has 0 saturated carbocycles. The molecule has 4 heterocycles. The molecule has 6 rings (SSSR count). The molecule has 0 bridgehead atoms. The van der Waals surface area contributed by atoms with E-state index in [-0.39, 0.29) is 16.9 Å². The highest BCUT2D eigenvalue weighted by molar-refractivity contribution is 7.89. The van der Waals surface area contributed by atoms with Gasteiger partial charge in [-0.2, -0.15) is 4.31 Å². The largest absolute Gasteiger partial charge is 0.450 e. The van der Waals surface area contributed by atoms with E-state index in [2.05, 4.69) is 5.32 Å². The summed E-state index contributed by atoms with van der Waals surface area (Å²) in [6.45, 7) is 4.05. The van der Waals surface area contributed by atoms with Crippen LogP contribution in [0.5, 0.6) is 0 Å². The van der Waals surface area contributed by atoms with Gasteiger partial charge in [0.05, 0.1) is 28.3 Å². The Hall–Kier alpha value is -3.32. The number of amides is 2. The van der Waals surface area contributed by atoms with Crippen LogP contribution in [0.1, 0.15) is 40.6 Å². The third-order valence-corrected chi connectivity index (χ3v) is 11.2. The van der Waals surface area contributed by atoms with Crippen molar-refractivity contribution in [3.8, 4) is 10.6 Å². The van der Waals surface area contributed by atoms with Gasteiger partial charge in [0, 0.05) is 35.6 Å². The van der Waals surface area contributed by atoms with Crippen LogP contribution in [-0.4, -0.2) is 60.8 Å². The highest BCUT2D eigenvalue weighted by Gasteiger charge is 2.31. The molecule has 0 spiro atoms. The van der Waals surface area contributed by atoms with Gasteiger partial charge in [0.1, 0.15) is 10.0 Å². The zero-order chi connectivity index (χ0) is 27.9. The number of benzene rings is 2. The van der Waals surface area contributed by atoms with Crippen molar-refractivity contribution in [2.75, 3.05) is 31.6 Å². The number of aromatic nitrogens is 1. The number of nitrogens with one attached hydrogen (secondary N) is 1. The number of nitrogens with zero attached hydrogens (tertiary/aromatic N) is 3. The number of rotatable bonds is 6. The third kappa shape index (κ3) is 5.00. The van der Waals surface area contributed by atoms with Crippen molar-refractivity contribution in [2.45, 2.75) is 37.6 Å². The molecule has 0 atom stereocenters. The maximum absolute atomic E-state index is 13.4. The van der Waals surface area contributed by atoms with Gasteiger partial charge in [0.25, 0.3) is 5.91 Å². The summed E-state index contributed by atoms with van der Waals surface area (Å²) in [5.74, 6) is -0.340. The first-order valence-electron chi connectivity index (χ1n) is 13.2. The predicted octanol–water partition coefficient (Wildman–Crippen LogP) is 5.58. The predicted molar refractivity (Wildman–Crippen MR) is 156 cm³/mol. The van der Waals surface area contributed by atoms with Crippen LogP contribution in [-0.2, 0) is 27.7 Å². The van der Waals surface area contributed by atoms with Gasteiger partial charge in [0.2, 0.25) is 10.0 Å². The van der Waals surface area contributed by atoms with E-state index in [1.165, 1.54) is 27.8 Å². The molecule has 2 aliphatic heterocycles. The van der Waals surface area contributed by atoms with Crippen molar-refractivity contribution in [1.82, 2.24) is 14.2 Å². The standard InChI is InChI=1S/C28H28N4O5S3/c1-2-37-28(34)31-16-13-20-23(17-31)39-27(24(20)26-29-21-7-3-4-8-22(21)38-26)30-25(33)18-9-11-19(12-10-18)40(35,36)32-14-5-6-15-32/h3-4,7-12H,2,5-6,13-17H2,1H3,(H,30,33). The monoisotopic (exact) mass is 596 g/mol. The first-order chi connectivity index (χ1) is 19.3. The zero-order valence-electron chi connectivity index (χ0n) is 21.9. The van der Waals surface area contributed by atoms with Crippen molar-refractivity contribution in [3.05, 3.63) is 64.5 Å². The Morgan fingerprint density at radius 2 is 1.77 bits per heavy atom. The SMILES string of the molecule is CCOC(=O)N1CCc2c(sc(NC(=O)c3ccc(S(=O)(=O)N4CCCC4)cc3)c2-c2nc3ccccc3s2)C1. The molecule has 2 amide bonds. The van der Waals surface area contributed by atoms with Gasteiger partial charge in [-0.05, 0) is 68.1 Å². The van der Waals surface area contributed by atoms with E-state index in [0.717, 1.165) is 44.1 Å². The summed E-state index contributed by atoms with van der Waals surface area (Å²) < 4.78 is 33.5. The number of thiophene rings is 1. The number of sulfonamides is 1. The lowest BCUT2D eigenvalue weighted by atomic mass is 10.0. The van der Waals surface area contributed by atoms with Gasteiger partial charge in [0.15, 0.2) is 0 Å². The Balaban J connectivity index is 1.31. The molecular weight excluding hydrogens is 569 g/mol. The van der Waals surface area contributed by atoms with Crippen LogP contribution in [0.4, 0.5) is 9.80 Å². The van der Waals surface area contributed by atoms with Crippen molar-refractivity contribution in [2.24, 2.45) is 0 Å². The smallest absolute Gasteiger partial charge is 0.410 e. The number of para-hydroxylation sites is 1. The van der Waals surface area contributed by atoms with Crippen molar-refractivity contribution in [1.29, 1.82) is 0 Å². The van der Waals surface area contributed by atoms with Crippen LogP contribution in [0, 0.1) is 0 Å². The van der Waals surface area contributed by atoms with Gasteiger partial charge in [-0.3, -0.25) is 4.79 Å². The van der Waals surface area contributed by atoms with E-state index >= 15 is 0 Å². The number of anilines is 1. The summed E-state index contributed by atoms with van der Waals surface area (Å²) in [6.07, 6.45) is 1.99. The second kappa shape index (κ2) is 10.9. The van der Waals surface area contributed by atoms with E-state index in [1.54, 1.807) is 35.3 Å². The lowest BCUT2D eigenvalue weighted by Crippen LogP contribution is -2.35. The van der Waals surface area contributed by atoms with Crippen molar-refractivity contribution in [3.63, 3.8) is 0 Å². The normalized spacial score (nSPS) is 15.8. The topological polar surface area (TPSA) is 109 Å². The van der Waals surface area contributed by atoms with Crippen LogP contribution in [0.25, 0.3) is 20.8 Å². The Morgan fingerprint density at radius 3 is 2.50 bits per heavy atom. The van der Waals surface area contributed by atoms with Crippen LogP contribution in [0.3, 0.4) is 0 Å². The average Bonchev–Trinajstić information content (AvgIpc) is 3.71. The Morgan fingerprint density at radius 1 is 1.02 bits per heavy atom. The molecular formula is C28H28N4O5S3. The molecule has 1 saturated heterocycles. The van der Waals surface area contributed by atoms with Crippen LogP contribution in [0.2, 0.25) is 0 Å². The number of carbonyl (C=O) groups is 2. The summed E-state index contributed by atoms with van der Waals surface area (Å²) >= 11 is 3.00. The number of thiazole rings is 1. The maximum atomic E-state index is 13.4. The Bertz CT molecular complexity index is 1660. The molecule has 9 nitrogen and oxygen atoms in total. The first kappa shape index (κ1) is 26.9. The van der Waals surface area contributed by atoms with Crippen molar-refractivity contribution >= 4 is 59.9 Å². The molecule has 2 aromatic heterocycles. The third-order valence-electron chi connectivity index (χ3n) is 7.14. The second-order valence-electron chi connectivity index (χ2n) is 9.65. The molecule has 0 radical (unpaired) electrons. The molecule has 1 N–H and O–H groups in total. The highest BCUT2D eigenvalue weighted by Crippen LogP contribution is 2.46. The maximum Gasteiger partial charge on any atom is 0.410 e. The molecule has 0 unspecified atom stereocenters. The van der Waals surface area contributed by atoms with Crippen LogP contribution < -0.4 is 5.32 Å². The molecule has 208 valence electrons. The van der Waals surface area contributed by atoms with E-state index in [0.29, 0.717) is 49.8 Å². The average molecular weight is 597 g/mol. The lowest BCUT2D eigenvalue weighted by Gasteiger charge is -2.26. The minimum atomic E-state index is -3.56. The highest BCUT2D eigenvalue weighted by atomic mass is 32.2. The molecule has 40 heavy (non-hydrogen) atoms. The van der Waals surface area contributed by atoms with Gasteiger partial charge in [-0.1, -0.05) is 12.1 Å². The van der Waals surface area contributed by atoms with E-state index in [4.69, 9.17) is 9.72 Å². The van der Waals surface area contributed by atoms with Gasteiger partial charge < -0.3 is 15.0 Å². The molecule has 12 heteroatoms. The van der Waals surface area contributed by atoms with E-state index < -0.39 is 10.0 Å². The zero-order valence-corrected chi connectivity index (χ0v) is 24.3. The van der Waals surface area contributed by atoms with Gasteiger partial charge in [-0.25, -0.2) is 18.2 Å². The number of hydrogen-bond acceptors (Lipinski definition) is 8. The first-order valence-corrected chi connectivity index (χ1v) is 16.3. The lowest BCUT2D eigenvalue weighted by molar-refractivity contribution is 0.102. The van der Waals surface area contributed by atoms with Crippen LogP contribution in [0.15, 0.2) is 53.4 Å². The number of carbonyl (C=O) groups excluding carboxylic acids is 2. The van der Waals surface area contributed by atoms with E-state index in [9.17, 15) is 18.0 Å². The van der Waals surface area contributed by atoms with E-state index in [1.807, 2.05) is 24.3 Å². The summed E-state index contributed by atoms with van der Waals surface area (Å²) in [5.41, 5.74) is 3.20. The van der Waals surface area contributed by atoms with Gasteiger partial charge >= 0.3 is 6.09 Å². The molecule has 0 aliphatic carbocycles. The minimum absolute atomic E-state index is 0.187. The Kier molecular flexibility index (Phi) is 7.34. The van der Waals surface area contributed by atoms with Crippen LogP contribution >= 0.6 is 22.7 Å². The number of fused-ring (bicyclic) bond motifs is 2. The number of hydrogen-bond donors (Lipinski definition) is 1. The number of ether oxygens (including phenoxy) is 1. The summed E-state index contributed by atoms with van der Waals surface area (Å²) in [4.78, 5) is 33.5. The summed E-state index contributed by atoms with van der Waals surface area (Å²) in [7, 11) is -3.56. The fourth-order valence-corrected chi connectivity index (χ4v) is 8.98. The molecule has 4 aromatic rings. The molecule has 2 aliphatic rings. The second-order valence-corrected chi connectivity index (χ2v) is 13.7. The summed E-state index contributed by atoms with van der Waals surface area (Å²) in [6, 6.07) is 14.0. The van der Waals surface area contributed by atoms with Crippen molar-refractivity contribution < 1.29 is 22.7 Å². The fraction of sp³-hybridized carbons (Fsp3) is 0.321. The molecule has 2 aromatic carbocycles. The molecule has 1 fully saturated rings. The minimum Gasteiger partial charge on any atom is -0.450 e. The van der Waals surface area contributed by atoms with Gasteiger partial charge in [-0.15, -0.1) is 22.7 Å². The summed E-state index contributed by atoms with van der Waals surface area (Å²) in [5, 5.41) is 4.53. The fourth-order valence-electron chi connectivity index (χ4n) is 5.10. The quantitative estimate of drug-likeness (QED) is 0.312.